The average molecular weight is 404 g/mol. The fourth-order valence-corrected chi connectivity index (χ4v) is 4.98. The number of hydrogen-bond acceptors (Lipinski definition) is 6. The molecule has 0 saturated carbocycles. The van der Waals surface area contributed by atoms with Gasteiger partial charge in [-0.15, -0.1) is 11.8 Å². The molecule has 2 aliphatic heterocycles. The molecule has 2 aliphatic rings. The number of H-pyrrole nitrogens is 1. The lowest BCUT2D eigenvalue weighted by molar-refractivity contribution is -0.300. The first-order valence-electron chi connectivity index (χ1n) is 9.25. The largest absolute Gasteiger partial charge is 0.367 e. The third kappa shape index (κ3) is 3.57. The lowest BCUT2D eigenvalue weighted by atomic mass is 9.97. The minimum atomic E-state index is -0.676. The molecule has 28 heavy (non-hydrogen) atoms. The summed E-state index contributed by atoms with van der Waals surface area (Å²) in [6, 6.07) is 9.72. The highest BCUT2D eigenvalue weighted by Crippen LogP contribution is 2.47. The van der Waals surface area contributed by atoms with Crippen molar-refractivity contribution in [1.29, 1.82) is 0 Å². The predicted octanol–water partition coefficient (Wildman–Crippen LogP) is 2.10. The zero-order chi connectivity index (χ0) is 19.9. The zero-order valence-electron chi connectivity index (χ0n) is 16.1. The number of thioether (sulfide) groups is 1. The molecule has 1 N–H and O–H groups in total. The summed E-state index contributed by atoms with van der Waals surface area (Å²) < 4.78 is 19.6. The summed E-state index contributed by atoms with van der Waals surface area (Å²) in [4.78, 5) is 27.8. The summed E-state index contributed by atoms with van der Waals surface area (Å²) in [5.41, 5.74) is -0.989. The van der Waals surface area contributed by atoms with Crippen molar-refractivity contribution in [1.82, 2.24) is 9.55 Å². The van der Waals surface area contributed by atoms with Crippen molar-refractivity contribution in [3.63, 3.8) is 0 Å². The van der Waals surface area contributed by atoms with Gasteiger partial charge in [0.1, 0.15) is 5.60 Å². The topological polar surface area (TPSA) is 82.6 Å². The van der Waals surface area contributed by atoms with Crippen LogP contribution >= 0.6 is 11.8 Å². The van der Waals surface area contributed by atoms with Crippen LogP contribution in [-0.2, 0) is 14.2 Å². The minimum absolute atomic E-state index is 0.131. The van der Waals surface area contributed by atoms with Gasteiger partial charge in [-0.05, 0) is 32.9 Å². The maximum Gasteiger partial charge on any atom is 0.328 e. The summed E-state index contributed by atoms with van der Waals surface area (Å²) in [6.45, 7) is 6.52. The predicted molar refractivity (Wildman–Crippen MR) is 106 cm³/mol. The van der Waals surface area contributed by atoms with Crippen LogP contribution in [0.3, 0.4) is 0 Å². The van der Waals surface area contributed by atoms with E-state index in [1.54, 1.807) is 29.4 Å². The summed E-state index contributed by atoms with van der Waals surface area (Å²) in [7, 11) is 0. The number of rotatable bonds is 3. The maximum atomic E-state index is 12.5. The van der Waals surface area contributed by atoms with Gasteiger partial charge in [0.05, 0.1) is 31.1 Å². The molecule has 3 heterocycles. The Morgan fingerprint density at radius 2 is 1.79 bits per heavy atom. The third-order valence-electron chi connectivity index (χ3n) is 5.25. The maximum absolute atomic E-state index is 12.5. The molecule has 1 spiro atoms. The summed E-state index contributed by atoms with van der Waals surface area (Å²) in [5.74, 6) is -0.667. The van der Waals surface area contributed by atoms with Crippen molar-refractivity contribution in [2.24, 2.45) is 0 Å². The SMILES string of the molecule is Cc1cn([C@H]2COC3(COC(C)(C)OC3)[C@@H]2Sc2ccccc2)c(=O)[nH]c1=O. The monoisotopic (exact) mass is 404 g/mol. The second-order valence-corrected chi connectivity index (χ2v) is 8.97. The van der Waals surface area contributed by atoms with E-state index in [-0.39, 0.29) is 16.9 Å². The van der Waals surface area contributed by atoms with E-state index >= 15 is 0 Å². The molecule has 150 valence electrons. The average Bonchev–Trinajstić information content (AvgIpc) is 3.00. The number of benzene rings is 1. The van der Waals surface area contributed by atoms with Gasteiger partial charge in [0.15, 0.2) is 5.79 Å². The number of hydrogen-bond donors (Lipinski definition) is 1. The fourth-order valence-electron chi connectivity index (χ4n) is 3.58. The zero-order valence-corrected chi connectivity index (χ0v) is 17.0. The Morgan fingerprint density at radius 3 is 2.46 bits per heavy atom. The molecule has 2 fully saturated rings. The van der Waals surface area contributed by atoms with Gasteiger partial charge >= 0.3 is 5.69 Å². The Morgan fingerprint density at radius 1 is 1.11 bits per heavy atom. The Balaban J connectivity index is 1.73. The quantitative estimate of drug-likeness (QED) is 0.844. The first kappa shape index (κ1) is 19.4. The van der Waals surface area contributed by atoms with Crippen molar-refractivity contribution in [2.45, 2.75) is 48.3 Å². The molecule has 1 aromatic heterocycles. The van der Waals surface area contributed by atoms with E-state index in [9.17, 15) is 9.59 Å². The van der Waals surface area contributed by atoms with E-state index in [1.807, 2.05) is 44.2 Å². The lowest BCUT2D eigenvalue weighted by Crippen LogP contribution is -2.56. The van der Waals surface area contributed by atoms with Crippen LogP contribution in [0.5, 0.6) is 0 Å². The molecule has 0 bridgehead atoms. The number of aryl methyl sites for hydroxylation is 1. The van der Waals surface area contributed by atoms with Crippen LogP contribution in [0.25, 0.3) is 0 Å². The molecule has 1 aromatic carbocycles. The fraction of sp³-hybridized carbons (Fsp3) is 0.500. The summed E-state index contributed by atoms with van der Waals surface area (Å²) >= 11 is 1.64. The van der Waals surface area contributed by atoms with Crippen LogP contribution in [0.4, 0.5) is 0 Å². The van der Waals surface area contributed by atoms with E-state index in [4.69, 9.17) is 14.2 Å². The van der Waals surface area contributed by atoms with Crippen LogP contribution in [0.15, 0.2) is 51.0 Å². The number of aromatic nitrogens is 2. The first-order valence-corrected chi connectivity index (χ1v) is 10.1. The smallest absolute Gasteiger partial charge is 0.328 e. The van der Waals surface area contributed by atoms with Crippen LogP contribution in [0, 0.1) is 6.92 Å². The van der Waals surface area contributed by atoms with Crippen LogP contribution in [-0.4, -0.2) is 46.0 Å². The van der Waals surface area contributed by atoms with Gasteiger partial charge in [-0.1, -0.05) is 18.2 Å². The first-order chi connectivity index (χ1) is 13.3. The van der Waals surface area contributed by atoms with E-state index in [0.29, 0.717) is 25.4 Å². The summed E-state index contributed by atoms with van der Waals surface area (Å²) in [6.07, 6.45) is 1.61. The van der Waals surface area contributed by atoms with Crippen molar-refractivity contribution < 1.29 is 14.2 Å². The molecule has 0 unspecified atom stereocenters. The van der Waals surface area contributed by atoms with Crippen molar-refractivity contribution in [3.8, 4) is 0 Å². The number of ether oxygens (including phenoxy) is 3. The molecular weight excluding hydrogens is 380 g/mol. The lowest BCUT2D eigenvalue weighted by Gasteiger charge is -2.43. The number of aromatic amines is 1. The normalized spacial score (nSPS) is 25.8. The highest BCUT2D eigenvalue weighted by Gasteiger charge is 2.55. The van der Waals surface area contributed by atoms with E-state index in [0.717, 1.165) is 4.90 Å². The van der Waals surface area contributed by atoms with E-state index in [2.05, 4.69) is 4.98 Å². The van der Waals surface area contributed by atoms with Crippen LogP contribution < -0.4 is 11.2 Å². The van der Waals surface area contributed by atoms with Crippen LogP contribution in [0.1, 0.15) is 25.5 Å². The molecule has 2 atom stereocenters. The van der Waals surface area contributed by atoms with Crippen molar-refractivity contribution in [3.05, 3.63) is 62.9 Å². The van der Waals surface area contributed by atoms with Gasteiger partial charge in [-0.3, -0.25) is 14.3 Å². The Kier molecular flexibility index (Phi) is 4.99. The van der Waals surface area contributed by atoms with Crippen molar-refractivity contribution in [2.75, 3.05) is 19.8 Å². The van der Waals surface area contributed by atoms with E-state index < -0.39 is 17.1 Å². The minimum Gasteiger partial charge on any atom is -0.367 e. The summed E-state index contributed by atoms with van der Waals surface area (Å²) in [5, 5.41) is -0.131. The van der Waals surface area contributed by atoms with Gasteiger partial charge in [0, 0.05) is 16.7 Å². The molecule has 0 radical (unpaired) electrons. The molecule has 2 aromatic rings. The van der Waals surface area contributed by atoms with Gasteiger partial charge in [0.2, 0.25) is 0 Å². The highest BCUT2D eigenvalue weighted by atomic mass is 32.2. The van der Waals surface area contributed by atoms with Crippen LogP contribution in [0.2, 0.25) is 0 Å². The molecular formula is C20H24N2O5S. The second-order valence-electron chi connectivity index (χ2n) is 7.75. The van der Waals surface area contributed by atoms with Crippen molar-refractivity contribution >= 4 is 11.8 Å². The third-order valence-corrected chi connectivity index (χ3v) is 6.79. The number of nitrogens with zero attached hydrogens (tertiary/aromatic N) is 1. The van der Waals surface area contributed by atoms with Gasteiger partial charge in [0.25, 0.3) is 5.56 Å². The Hall–Kier alpha value is -1.87. The molecule has 4 rings (SSSR count). The highest BCUT2D eigenvalue weighted by molar-refractivity contribution is 8.00. The van der Waals surface area contributed by atoms with Gasteiger partial charge in [-0.25, -0.2) is 4.79 Å². The second kappa shape index (κ2) is 7.18. The Bertz CT molecular complexity index is 959. The van der Waals surface area contributed by atoms with Gasteiger partial charge < -0.3 is 14.2 Å². The Labute approximate surface area is 167 Å². The molecule has 7 nitrogen and oxygen atoms in total. The molecule has 2 saturated heterocycles. The standard InChI is InChI=1S/C20H24N2O5S/c1-13-9-22(18(24)21-17(13)23)15-10-25-20(11-26-19(2,3)27-12-20)16(15)28-14-7-5-4-6-8-14/h4-9,15-16H,10-12H2,1-3H3,(H,21,23,24)/t15-,16+/m0/s1. The molecule has 8 heteroatoms. The van der Waals surface area contributed by atoms with E-state index in [1.165, 1.54) is 0 Å². The molecule has 0 aliphatic carbocycles. The molecule has 0 amide bonds. The number of nitrogens with one attached hydrogen (secondary N) is 1. The van der Waals surface area contributed by atoms with Gasteiger partial charge in [-0.2, -0.15) is 0 Å².